The van der Waals surface area contributed by atoms with E-state index in [0.29, 0.717) is 21.4 Å². The van der Waals surface area contributed by atoms with Crippen LogP contribution in [0.3, 0.4) is 0 Å². The minimum absolute atomic E-state index is 0.178. The summed E-state index contributed by atoms with van der Waals surface area (Å²) in [5, 5.41) is 3.70. The van der Waals surface area contributed by atoms with E-state index >= 15 is 0 Å². The van der Waals surface area contributed by atoms with Gasteiger partial charge in [-0.3, -0.25) is 4.79 Å². The standard InChI is InChI=1S/C18H18BrN3O3S/c1-9-7-11(5-6-12(9)19)20-16(23)15-10(2)14-17(25-4)21-13(8-24-3)22-18(14)26-15/h5-7H,8H2,1-4H3,(H,20,23). The molecule has 0 atom stereocenters. The molecule has 1 amide bonds. The van der Waals surface area contributed by atoms with Crippen LogP contribution < -0.4 is 10.1 Å². The molecule has 6 nitrogen and oxygen atoms in total. The summed E-state index contributed by atoms with van der Waals surface area (Å²) < 4.78 is 11.5. The molecule has 0 aliphatic heterocycles. The topological polar surface area (TPSA) is 73.3 Å². The van der Waals surface area contributed by atoms with E-state index in [1.807, 2.05) is 32.0 Å². The maximum absolute atomic E-state index is 12.8. The molecule has 2 heterocycles. The van der Waals surface area contributed by atoms with Gasteiger partial charge in [-0.25, -0.2) is 4.98 Å². The molecule has 0 saturated heterocycles. The number of hydrogen-bond acceptors (Lipinski definition) is 6. The van der Waals surface area contributed by atoms with Crippen molar-refractivity contribution < 1.29 is 14.3 Å². The van der Waals surface area contributed by atoms with E-state index in [2.05, 4.69) is 31.2 Å². The normalized spacial score (nSPS) is 11.0. The van der Waals surface area contributed by atoms with Crippen molar-refractivity contribution in [1.29, 1.82) is 0 Å². The second kappa shape index (κ2) is 7.69. The average molecular weight is 436 g/mol. The van der Waals surface area contributed by atoms with Crippen LogP contribution in [-0.4, -0.2) is 30.1 Å². The second-order valence-corrected chi connectivity index (χ2v) is 7.59. The number of methoxy groups -OCH3 is 2. The number of halogens is 1. The van der Waals surface area contributed by atoms with Gasteiger partial charge >= 0.3 is 0 Å². The molecule has 0 unspecified atom stereocenters. The van der Waals surface area contributed by atoms with Crippen LogP contribution in [0.5, 0.6) is 5.88 Å². The first-order chi connectivity index (χ1) is 12.4. The molecule has 0 radical (unpaired) electrons. The third kappa shape index (κ3) is 3.58. The van der Waals surface area contributed by atoms with Crippen molar-refractivity contribution in [2.75, 3.05) is 19.5 Å². The number of hydrogen-bond donors (Lipinski definition) is 1. The van der Waals surface area contributed by atoms with Crippen molar-refractivity contribution in [3.63, 3.8) is 0 Å². The molecular weight excluding hydrogens is 418 g/mol. The lowest BCUT2D eigenvalue weighted by molar-refractivity contribution is 0.103. The van der Waals surface area contributed by atoms with E-state index in [4.69, 9.17) is 9.47 Å². The molecule has 3 rings (SSSR count). The highest BCUT2D eigenvalue weighted by Crippen LogP contribution is 2.35. The van der Waals surface area contributed by atoms with Gasteiger partial charge in [0, 0.05) is 17.3 Å². The molecule has 0 fully saturated rings. The van der Waals surface area contributed by atoms with Gasteiger partial charge in [0.25, 0.3) is 5.91 Å². The lowest BCUT2D eigenvalue weighted by Crippen LogP contribution is -2.11. The van der Waals surface area contributed by atoms with Gasteiger partial charge in [0.1, 0.15) is 11.4 Å². The van der Waals surface area contributed by atoms with Crippen molar-refractivity contribution in [1.82, 2.24) is 9.97 Å². The van der Waals surface area contributed by atoms with Gasteiger partial charge < -0.3 is 14.8 Å². The second-order valence-electron chi connectivity index (χ2n) is 5.74. The molecule has 3 aromatic rings. The van der Waals surface area contributed by atoms with E-state index in [1.165, 1.54) is 11.3 Å². The van der Waals surface area contributed by atoms with E-state index in [-0.39, 0.29) is 12.5 Å². The predicted molar refractivity (Wildman–Crippen MR) is 106 cm³/mol. The SMILES string of the molecule is COCc1nc(OC)c2c(C)c(C(=O)Nc3ccc(Br)c(C)c3)sc2n1. The number of anilines is 1. The van der Waals surface area contributed by atoms with Gasteiger partial charge in [-0.2, -0.15) is 4.98 Å². The molecule has 0 spiro atoms. The smallest absolute Gasteiger partial charge is 0.266 e. The Kier molecular flexibility index (Phi) is 5.55. The third-order valence-electron chi connectivity index (χ3n) is 3.89. The number of ether oxygens (including phenoxy) is 2. The van der Waals surface area contributed by atoms with Crippen LogP contribution >= 0.6 is 27.3 Å². The number of amides is 1. The number of fused-ring (bicyclic) bond motifs is 1. The van der Waals surface area contributed by atoms with Crippen LogP contribution in [0.1, 0.15) is 26.6 Å². The minimum atomic E-state index is -0.178. The van der Waals surface area contributed by atoms with Crippen LogP contribution in [0.4, 0.5) is 5.69 Å². The van der Waals surface area contributed by atoms with Crippen molar-refractivity contribution in [3.8, 4) is 5.88 Å². The number of aryl methyl sites for hydroxylation is 2. The summed E-state index contributed by atoms with van der Waals surface area (Å²) in [4.78, 5) is 22.9. The lowest BCUT2D eigenvalue weighted by atomic mass is 10.2. The zero-order valence-electron chi connectivity index (χ0n) is 14.8. The Balaban J connectivity index is 2.00. The summed E-state index contributed by atoms with van der Waals surface area (Å²) in [6, 6.07) is 5.69. The first-order valence-corrected chi connectivity index (χ1v) is 9.46. The first kappa shape index (κ1) is 18.8. The zero-order valence-corrected chi connectivity index (χ0v) is 17.2. The van der Waals surface area contributed by atoms with Crippen molar-refractivity contribution in [3.05, 3.63) is 44.5 Å². The van der Waals surface area contributed by atoms with Gasteiger partial charge in [0.15, 0.2) is 5.82 Å². The molecule has 1 N–H and O–H groups in total. The molecule has 0 aliphatic carbocycles. The highest BCUT2D eigenvalue weighted by atomic mass is 79.9. The summed E-state index contributed by atoms with van der Waals surface area (Å²) in [7, 11) is 3.14. The van der Waals surface area contributed by atoms with E-state index < -0.39 is 0 Å². The largest absolute Gasteiger partial charge is 0.480 e. The summed E-state index contributed by atoms with van der Waals surface area (Å²) in [5.74, 6) is 0.797. The lowest BCUT2D eigenvalue weighted by Gasteiger charge is -2.07. The Morgan fingerprint density at radius 1 is 1.27 bits per heavy atom. The van der Waals surface area contributed by atoms with Gasteiger partial charge in [-0.15, -0.1) is 11.3 Å². The number of aromatic nitrogens is 2. The van der Waals surface area contributed by atoms with Crippen LogP contribution in [0.15, 0.2) is 22.7 Å². The Hall–Kier alpha value is -2.03. The number of carbonyl (C=O) groups excluding carboxylic acids is 1. The molecule has 0 bridgehead atoms. The van der Waals surface area contributed by atoms with E-state index in [0.717, 1.165) is 26.7 Å². The summed E-state index contributed by atoms with van der Waals surface area (Å²) in [6.07, 6.45) is 0. The van der Waals surface area contributed by atoms with Crippen molar-refractivity contribution in [2.45, 2.75) is 20.5 Å². The Morgan fingerprint density at radius 2 is 2.04 bits per heavy atom. The fourth-order valence-corrected chi connectivity index (χ4v) is 3.94. The number of rotatable bonds is 5. The van der Waals surface area contributed by atoms with Gasteiger partial charge in [-0.1, -0.05) is 15.9 Å². The summed E-state index contributed by atoms with van der Waals surface area (Å²) in [5.41, 5.74) is 2.59. The highest BCUT2D eigenvalue weighted by molar-refractivity contribution is 9.10. The van der Waals surface area contributed by atoms with Crippen molar-refractivity contribution >= 4 is 49.1 Å². The Bertz CT molecular complexity index is 987. The highest BCUT2D eigenvalue weighted by Gasteiger charge is 2.21. The third-order valence-corrected chi connectivity index (χ3v) is 5.97. The molecule has 2 aromatic heterocycles. The van der Waals surface area contributed by atoms with Crippen LogP contribution in [-0.2, 0) is 11.3 Å². The maximum Gasteiger partial charge on any atom is 0.266 e. The minimum Gasteiger partial charge on any atom is -0.480 e. The number of nitrogens with one attached hydrogen (secondary N) is 1. The van der Waals surface area contributed by atoms with Gasteiger partial charge in [0.05, 0.1) is 17.4 Å². The van der Waals surface area contributed by atoms with Crippen LogP contribution in [0, 0.1) is 13.8 Å². The number of benzene rings is 1. The van der Waals surface area contributed by atoms with Crippen LogP contribution in [0.25, 0.3) is 10.2 Å². The van der Waals surface area contributed by atoms with Gasteiger partial charge in [-0.05, 0) is 43.2 Å². The molecule has 0 saturated carbocycles. The molecule has 1 aromatic carbocycles. The van der Waals surface area contributed by atoms with E-state index in [9.17, 15) is 4.79 Å². The molecule has 0 aliphatic rings. The molecule has 136 valence electrons. The molecule has 26 heavy (non-hydrogen) atoms. The quantitative estimate of drug-likeness (QED) is 0.639. The summed E-state index contributed by atoms with van der Waals surface area (Å²) >= 11 is 4.78. The molecule has 8 heteroatoms. The summed E-state index contributed by atoms with van der Waals surface area (Å²) in [6.45, 7) is 4.13. The predicted octanol–water partition coefficient (Wildman–Crippen LogP) is 4.48. The van der Waals surface area contributed by atoms with E-state index in [1.54, 1.807) is 14.2 Å². The average Bonchev–Trinajstić information content (AvgIpc) is 2.95. The fraction of sp³-hybridized carbons (Fsp3) is 0.278. The fourth-order valence-electron chi connectivity index (χ4n) is 2.61. The first-order valence-electron chi connectivity index (χ1n) is 7.85. The van der Waals surface area contributed by atoms with Crippen molar-refractivity contribution in [2.24, 2.45) is 0 Å². The van der Waals surface area contributed by atoms with Gasteiger partial charge in [0.2, 0.25) is 5.88 Å². The monoisotopic (exact) mass is 435 g/mol. The number of carbonyl (C=O) groups is 1. The number of nitrogens with zero attached hydrogens (tertiary/aromatic N) is 2. The number of thiophene rings is 1. The molecular formula is C18H18BrN3O3S. The Morgan fingerprint density at radius 3 is 2.69 bits per heavy atom. The van der Waals surface area contributed by atoms with Crippen LogP contribution in [0.2, 0.25) is 0 Å². The Labute approximate surface area is 163 Å². The maximum atomic E-state index is 12.8. The zero-order chi connectivity index (χ0) is 18.8.